The van der Waals surface area contributed by atoms with Crippen molar-refractivity contribution in [2.45, 2.75) is 32.6 Å². The Morgan fingerprint density at radius 3 is 2.35 bits per heavy atom. The van der Waals surface area contributed by atoms with Gasteiger partial charge in [0, 0.05) is 0 Å². The second-order valence-electron chi connectivity index (χ2n) is 6.61. The minimum absolute atomic E-state index is 0.0175. The van der Waals surface area contributed by atoms with E-state index in [9.17, 15) is 4.79 Å². The molecule has 1 N–H and O–H groups in total. The van der Waals surface area contributed by atoms with Crippen molar-refractivity contribution in [2.24, 2.45) is 0 Å². The molecular weight excluding hydrogens is 286 g/mol. The number of carbonyl (C=O) groups excluding carboxylic acids is 1. The minimum Gasteiger partial charge on any atom is -0.491 e. The van der Waals surface area contributed by atoms with Gasteiger partial charge in [0.15, 0.2) is 0 Å². The first-order valence-corrected chi connectivity index (χ1v) is 8.00. The van der Waals surface area contributed by atoms with E-state index < -0.39 is 0 Å². The molecule has 23 heavy (non-hydrogen) atoms. The number of hydrogen-bond acceptors (Lipinski definition) is 2. The van der Waals surface area contributed by atoms with Gasteiger partial charge in [-0.05, 0) is 22.6 Å². The molecule has 0 saturated carbocycles. The fourth-order valence-electron chi connectivity index (χ4n) is 2.41. The van der Waals surface area contributed by atoms with E-state index in [1.807, 2.05) is 48.5 Å². The molecule has 1 amide bonds. The lowest BCUT2D eigenvalue weighted by molar-refractivity contribution is -0.120. The molecule has 2 aromatic carbocycles. The van der Waals surface area contributed by atoms with Gasteiger partial charge in [-0.1, -0.05) is 69.3 Å². The first kappa shape index (κ1) is 17.1. The van der Waals surface area contributed by atoms with Crippen molar-refractivity contribution < 1.29 is 9.53 Å². The van der Waals surface area contributed by atoms with Crippen molar-refractivity contribution in [2.75, 3.05) is 13.2 Å². The van der Waals surface area contributed by atoms with E-state index in [1.54, 1.807) is 0 Å². The lowest BCUT2D eigenvalue weighted by Gasteiger charge is -2.22. The Labute approximate surface area is 138 Å². The summed E-state index contributed by atoms with van der Waals surface area (Å²) < 4.78 is 5.85. The van der Waals surface area contributed by atoms with E-state index in [4.69, 9.17) is 4.74 Å². The average molecular weight is 311 g/mol. The van der Waals surface area contributed by atoms with Crippen LogP contribution in [0, 0.1) is 0 Å². The molecule has 0 radical (unpaired) electrons. The van der Waals surface area contributed by atoms with Gasteiger partial charge in [-0.2, -0.15) is 0 Å². The highest BCUT2D eigenvalue weighted by Crippen LogP contribution is 2.30. The van der Waals surface area contributed by atoms with Gasteiger partial charge in [-0.25, -0.2) is 0 Å². The molecule has 0 atom stereocenters. The number of para-hydroxylation sites is 1. The molecule has 0 bridgehead atoms. The van der Waals surface area contributed by atoms with E-state index in [0.717, 1.165) is 11.3 Å². The molecule has 0 heterocycles. The van der Waals surface area contributed by atoms with E-state index in [-0.39, 0.29) is 11.3 Å². The Morgan fingerprint density at radius 2 is 1.65 bits per heavy atom. The van der Waals surface area contributed by atoms with Crippen LogP contribution in [0.15, 0.2) is 54.6 Å². The molecule has 2 rings (SSSR count). The third-order valence-corrected chi connectivity index (χ3v) is 3.58. The van der Waals surface area contributed by atoms with Crippen LogP contribution >= 0.6 is 0 Å². The third-order valence-electron chi connectivity index (χ3n) is 3.58. The number of amides is 1. The van der Waals surface area contributed by atoms with Crippen LogP contribution in [0.5, 0.6) is 5.75 Å². The van der Waals surface area contributed by atoms with E-state index in [2.05, 4.69) is 32.2 Å². The van der Waals surface area contributed by atoms with Crippen LogP contribution in [0.3, 0.4) is 0 Å². The van der Waals surface area contributed by atoms with Gasteiger partial charge >= 0.3 is 0 Å². The Morgan fingerprint density at radius 1 is 1.00 bits per heavy atom. The monoisotopic (exact) mass is 311 g/mol. The average Bonchev–Trinajstić information content (AvgIpc) is 2.52. The van der Waals surface area contributed by atoms with Gasteiger partial charge in [0.05, 0.1) is 13.0 Å². The first-order valence-electron chi connectivity index (χ1n) is 8.00. The van der Waals surface area contributed by atoms with Crippen LogP contribution in [0.2, 0.25) is 0 Å². The van der Waals surface area contributed by atoms with Gasteiger partial charge in [-0.3, -0.25) is 4.79 Å². The molecular formula is C20H25NO2. The summed E-state index contributed by atoms with van der Waals surface area (Å²) in [5.41, 5.74) is 2.23. The second-order valence-corrected chi connectivity index (χ2v) is 6.61. The summed E-state index contributed by atoms with van der Waals surface area (Å²) in [7, 11) is 0. The predicted molar refractivity (Wildman–Crippen MR) is 93.8 cm³/mol. The first-order chi connectivity index (χ1) is 11.0. The van der Waals surface area contributed by atoms with Gasteiger partial charge in [0.25, 0.3) is 0 Å². The maximum atomic E-state index is 11.9. The molecule has 0 spiro atoms. The molecule has 0 aliphatic rings. The quantitative estimate of drug-likeness (QED) is 0.826. The molecule has 3 nitrogen and oxygen atoms in total. The van der Waals surface area contributed by atoms with Crippen LogP contribution in [0.1, 0.15) is 31.9 Å². The fraction of sp³-hybridized carbons (Fsp3) is 0.350. The molecule has 0 fully saturated rings. The summed E-state index contributed by atoms with van der Waals surface area (Å²) in [6.45, 7) is 7.46. The Kier molecular flexibility index (Phi) is 5.80. The summed E-state index contributed by atoms with van der Waals surface area (Å²) in [4.78, 5) is 11.9. The van der Waals surface area contributed by atoms with E-state index in [1.165, 1.54) is 5.56 Å². The lowest BCUT2D eigenvalue weighted by atomic mass is 9.86. The number of hydrogen-bond donors (Lipinski definition) is 1. The molecule has 0 saturated heterocycles. The van der Waals surface area contributed by atoms with E-state index >= 15 is 0 Å². The van der Waals surface area contributed by atoms with Crippen molar-refractivity contribution in [3.8, 4) is 5.75 Å². The number of rotatable bonds is 6. The largest absolute Gasteiger partial charge is 0.491 e. The zero-order valence-corrected chi connectivity index (χ0v) is 14.1. The molecule has 0 unspecified atom stereocenters. The second kappa shape index (κ2) is 7.82. The van der Waals surface area contributed by atoms with E-state index in [0.29, 0.717) is 19.6 Å². The van der Waals surface area contributed by atoms with Crippen LogP contribution in [-0.2, 0) is 16.6 Å². The Bertz CT molecular complexity index is 630. The number of benzene rings is 2. The van der Waals surface area contributed by atoms with Crippen LogP contribution in [-0.4, -0.2) is 19.1 Å². The number of carbonyl (C=O) groups is 1. The zero-order valence-electron chi connectivity index (χ0n) is 14.1. The predicted octanol–water partition coefficient (Wildman–Crippen LogP) is 3.72. The van der Waals surface area contributed by atoms with Crippen molar-refractivity contribution >= 4 is 5.91 Å². The normalized spacial score (nSPS) is 11.1. The Hall–Kier alpha value is -2.29. The zero-order chi connectivity index (χ0) is 16.7. The molecule has 2 aromatic rings. The SMILES string of the molecule is CC(C)(C)c1ccccc1OCCNC(=O)Cc1ccccc1. The van der Waals surface area contributed by atoms with Crippen molar-refractivity contribution in [3.63, 3.8) is 0 Å². The highest BCUT2D eigenvalue weighted by Gasteiger charge is 2.18. The van der Waals surface area contributed by atoms with Crippen LogP contribution < -0.4 is 10.1 Å². The third kappa shape index (κ3) is 5.44. The summed E-state index contributed by atoms with van der Waals surface area (Å²) in [5.74, 6) is 0.904. The number of ether oxygens (including phenoxy) is 1. The molecule has 122 valence electrons. The summed E-state index contributed by atoms with van der Waals surface area (Å²) in [5, 5.41) is 2.90. The summed E-state index contributed by atoms with van der Waals surface area (Å²) in [6.07, 6.45) is 0.402. The van der Waals surface area contributed by atoms with Crippen LogP contribution in [0.25, 0.3) is 0 Å². The molecule has 0 aromatic heterocycles. The molecule has 3 heteroatoms. The van der Waals surface area contributed by atoms with Crippen molar-refractivity contribution in [1.82, 2.24) is 5.32 Å². The van der Waals surface area contributed by atoms with Gasteiger partial charge in [-0.15, -0.1) is 0 Å². The van der Waals surface area contributed by atoms with Crippen molar-refractivity contribution in [1.29, 1.82) is 0 Å². The highest BCUT2D eigenvalue weighted by atomic mass is 16.5. The minimum atomic E-state index is 0.0175. The molecule has 0 aliphatic heterocycles. The summed E-state index contributed by atoms with van der Waals surface area (Å²) >= 11 is 0. The fourth-order valence-corrected chi connectivity index (χ4v) is 2.41. The maximum Gasteiger partial charge on any atom is 0.224 e. The van der Waals surface area contributed by atoms with Crippen LogP contribution in [0.4, 0.5) is 0 Å². The standard InChI is InChI=1S/C20H25NO2/c1-20(2,3)17-11-7-8-12-18(17)23-14-13-21-19(22)15-16-9-5-4-6-10-16/h4-12H,13-15H2,1-3H3,(H,21,22). The smallest absolute Gasteiger partial charge is 0.224 e. The maximum absolute atomic E-state index is 11.9. The summed E-state index contributed by atoms with van der Waals surface area (Å²) in [6, 6.07) is 17.8. The van der Waals surface area contributed by atoms with Gasteiger partial charge in [0.1, 0.15) is 12.4 Å². The molecule has 0 aliphatic carbocycles. The Balaban J connectivity index is 1.79. The number of nitrogens with one attached hydrogen (secondary N) is 1. The highest BCUT2D eigenvalue weighted by molar-refractivity contribution is 5.78. The lowest BCUT2D eigenvalue weighted by Crippen LogP contribution is -2.29. The van der Waals surface area contributed by atoms with Gasteiger partial charge in [0.2, 0.25) is 5.91 Å². The van der Waals surface area contributed by atoms with Crippen molar-refractivity contribution in [3.05, 3.63) is 65.7 Å². The van der Waals surface area contributed by atoms with Gasteiger partial charge < -0.3 is 10.1 Å². The topological polar surface area (TPSA) is 38.3 Å².